The first kappa shape index (κ1) is 17.2. The summed E-state index contributed by atoms with van der Waals surface area (Å²) in [5.74, 6) is 1.74. The second kappa shape index (κ2) is 7.49. The summed E-state index contributed by atoms with van der Waals surface area (Å²) >= 11 is 0. The van der Waals surface area contributed by atoms with Gasteiger partial charge >= 0.3 is 0 Å². The Labute approximate surface area is 140 Å². The van der Waals surface area contributed by atoms with Gasteiger partial charge in [-0.1, -0.05) is 6.92 Å². The Hall–Kier alpha value is -0.650. The maximum absolute atomic E-state index is 12.4. The molecular weight excluding hydrogens is 290 g/mol. The van der Waals surface area contributed by atoms with Gasteiger partial charge in [0.05, 0.1) is 12.6 Å². The van der Waals surface area contributed by atoms with Gasteiger partial charge in [0.15, 0.2) is 0 Å². The molecule has 5 nitrogen and oxygen atoms in total. The summed E-state index contributed by atoms with van der Waals surface area (Å²) in [4.78, 5) is 17.1. The number of aliphatic hydroxyl groups is 1. The Morgan fingerprint density at radius 2 is 1.87 bits per heavy atom. The van der Waals surface area contributed by atoms with Gasteiger partial charge in [-0.05, 0) is 50.9 Å². The van der Waals surface area contributed by atoms with Gasteiger partial charge in [0.2, 0.25) is 5.91 Å². The smallest absolute Gasteiger partial charge is 0.234 e. The predicted octanol–water partition coefficient (Wildman–Crippen LogP) is 1.07. The maximum atomic E-state index is 12.4. The quantitative estimate of drug-likeness (QED) is 0.701. The summed E-state index contributed by atoms with van der Waals surface area (Å²) in [7, 11) is 0. The molecule has 3 fully saturated rings. The number of nitrogens with zero attached hydrogens (tertiary/aromatic N) is 2. The van der Waals surface area contributed by atoms with Crippen molar-refractivity contribution in [1.29, 1.82) is 0 Å². The van der Waals surface area contributed by atoms with Crippen LogP contribution in [-0.2, 0) is 4.79 Å². The van der Waals surface area contributed by atoms with Gasteiger partial charge in [-0.2, -0.15) is 0 Å². The SMILES string of the molecule is CC[C@H]1CN(CC(=O)NC(C2CC2)C2CC2)CCN1C[C@@H](C)O. The van der Waals surface area contributed by atoms with E-state index in [2.05, 4.69) is 22.0 Å². The first-order chi connectivity index (χ1) is 11.1. The molecule has 23 heavy (non-hydrogen) atoms. The fourth-order valence-corrected chi connectivity index (χ4v) is 4.03. The number of aliphatic hydroxyl groups excluding tert-OH is 1. The summed E-state index contributed by atoms with van der Waals surface area (Å²) in [5.41, 5.74) is 0. The molecule has 5 heteroatoms. The summed E-state index contributed by atoms with van der Waals surface area (Å²) < 4.78 is 0. The number of hydrogen-bond acceptors (Lipinski definition) is 4. The lowest BCUT2D eigenvalue weighted by Gasteiger charge is -2.41. The number of carbonyl (C=O) groups is 1. The number of nitrogens with one attached hydrogen (secondary N) is 1. The zero-order chi connectivity index (χ0) is 16.4. The van der Waals surface area contributed by atoms with Crippen LogP contribution < -0.4 is 5.32 Å². The van der Waals surface area contributed by atoms with Crippen molar-refractivity contribution in [2.24, 2.45) is 11.8 Å². The molecule has 1 aliphatic heterocycles. The molecule has 0 aromatic heterocycles. The van der Waals surface area contributed by atoms with Crippen molar-refractivity contribution in [1.82, 2.24) is 15.1 Å². The van der Waals surface area contributed by atoms with Gasteiger partial charge in [0.1, 0.15) is 0 Å². The van der Waals surface area contributed by atoms with Crippen LogP contribution in [0.1, 0.15) is 46.0 Å². The van der Waals surface area contributed by atoms with E-state index in [0.29, 0.717) is 18.6 Å². The number of rotatable bonds is 8. The molecule has 0 radical (unpaired) electrons. The van der Waals surface area contributed by atoms with Crippen molar-refractivity contribution >= 4 is 5.91 Å². The number of amides is 1. The zero-order valence-electron chi connectivity index (χ0n) is 14.7. The van der Waals surface area contributed by atoms with E-state index in [1.807, 2.05) is 6.92 Å². The summed E-state index contributed by atoms with van der Waals surface area (Å²) in [6.45, 7) is 8.13. The monoisotopic (exact) mass is 323 g/mol. The molecule has 3 rings (SSSR count). The van der Waals surface area contributed by atoms with Gasteiger partial charge in [-0.25, -0.2) is 0 Å². The highest BCUT2D eigenvalue weighted by atomic mass is 16.3. The molecule has 2 atom stereocenters. The average molecular weight is 323 g/mol. The average Bonchev–Trinajstić information content (AvgIpc) is 3.38. The summed E-state index contributed by atoms with van der Waals surface area (Å²) in [5, 5.41) is 13.0. The third kappa shape index (κ3) is 4.91. The summed E-state index contributed by atoms with van der Waals surface area (Å²) in [6, 6.07) is 0.912. The number of hydrogen-bond donors (Lipinski definition) is 2. The fourth-order valence-electron chi connectivity index (χ4n) is 4.03. The van der Waals surface area contributed by atoms with Crippen LogP contribution in [0.5, 0.6) is 0 Å². The highest BCUT2D eigenvalue weighted by molar-refractivity contribution is 5.78. The number of piperazine rings is 1. The molecule has 2 N–H and O–H groups in total. The molecule has 1 amide bonds. The van der Waals surface area contributed by atoms with Crippen LogP contribution in [0, 0.1) is 11.8 Å². The van der Waals surface area contributed by atoms with E-state index in [4.69, 9.17) is 0 Å². The van der Waals surface area contributed by atoms with Crippen LogP contribution >= 0.6 is 0 Å². The highest BCUT2D eigenvalue weighted by Crippen LogP contribution is 2.44. The van der Waals surface area contributed by atoms with Gasteiger partial charge in [-0.3, -0.25) is 14.6 Å². The van der Waals surface area contributed by atoms with Crippen molar-refractivity contribution in [3.05, 3.63) is 0 Å². The van der Waals surface area contributed by atoms with Crippen LogP contribution in [0.4, 0.5) is 0 Å². The van der Waals surface area contributed by atoms with E-state index in [0.717, 1.165) is 44.4 Å². The lowest BCUT2D eigenvalue weighted by atomic mass is 10.1. The van der Waals surface area contributed by atoms with E-state index < -0.39 is 0 Å². The largest absolute Gasteiger partial charge is 0.392 e. The normalized spacial score (nSPS) is 28.1. The first-order valence-corrected chi connectivity index (χ1v) is 9.50. The number of β-amino-alcohol motifs (C(OH)–C–C–N with tert-alkyl or cyclic N) is 1. The van der Waals surface area contributed by atoms with Crippen LogP contribution in [0.15, 0.2) is 0 Å². The van der Waals surface area contributed by atoms with E-state index in [9.17, 15) is 9.90 Å². The standard InChI is InChI=1S/C18H33N3O2/c1-3-16-11-20(8-9-21(16)10-13(2)22)12-17(23)19-18(14-4-5-14)15-6-7-15/h13-16,18,22H,3-12H2,1-2H3,(H,19,23)/t13-,16+/m1/s1. The molecule has 0 bridgehead atoms. The molecule has 2 saturated carbocycles. The third-order valence-corrected chi connectivity index (χ3v) is 5.61. The predicted molar refractivity (Wildman–Crippen MR) is 91.2 cm³/mol. The third-order valence-electron chi connectivity index (χ3n) is 5.61. The molecular formula is C18H33N3O2. The molecule has 132 valence electrons. The minimum absolute atomic E-state index is 0.215. The van der Waals surface area contributed by atoms with E-state index >= 15 is 0 Å². The van der Waals surface area contributed by atoms with E-state index in [1.54, 1.807) is 0 Å². The molecule has 2 aliphatic carbocycles. The van der Waals surface area contributed by atoms with E-state index in [1.165, 1.54) is 25.7 Å². The Bertz CT molecular complexity index is 395. The Kier molecular flexibility index (Phi) is 5.60. The molecule has 0 unspecified atom stereocenters. The first-order valence-electron chi connectivity index (χ1n) is 9.50. The molecule has 0 aromatic carbocycles. The van der Waals surface area contributed by atoms with Crippen LogP contribution in [0.2, 0.25) is 0 Å². The summed E-state index contributed by atoms with van der Waals surface area (Å²) in [6.07, 6.45) is 6.00. The van der Waals surface area contributed by atoms with Crippen molar-refractivity contribution < 1.29 is 9.90 Å². The van der Waals surface area contributed by atoms with Gasteiger partial charge < -0.3 is 10.4 Å². The van der Waals surface area contributed by atoms with Crippen molar-refractivity contribution in [3.63, 3.8) is 0 Å². The maximum Gasteiger partial charge on any atom is 0.234 e. The van der Waals surface area contributed by atoms with Crippen molar-refractivity contribution in [3.8, 4) is 0 Å². The van der Waals surface area contributed by atoms with E-state index in [-0.39, 0.29) is 12.0 Å². The van der Waals surface area contributed by atoms with Gasteiger partial charge in [0.25, 0.3) is 0 Å². The lowest BCUT2D eigenvalue weighted by Crippen LogP contribution is -2.56. The van der Waals surface area contributed by atoms with Crippen LogP contribution in [-0.4, -0.2) is 71.7 Å². The van der Waals surface area contributed by atoms with Crippen molar-refractivity contribution in [2.75, 3.05) is 32.7 Å². The molecule has 0 spiro atoms. The Morgan fingerprint density at radius 3 is 2.39 bits per heavy atom. The molecule has 3 aliphatic rings. The molecule has 1 heterocycles. The Morgan fingerprint density at radius 1 is 1.22 bits per heavy atom. The highest BCUT2D eigenvalue weighted by Gasteiger charge is 2.42. The second-order valence-electron chi connectivity index (χ2n) is 7.91. The zero-order valence-corrected chi connectivity index (χ0v) is 14.7. The number of carbonyl (C=O) groups excluding carboxylic acids is 1. The van der Waals surface area contributed by atoms with Crippen LogP contribution in [0.25, 0.3) is 0 Å². The minimum Gasteiger partial charge on any atom is -0.392 e. The Balaban J connectivity index is 1.45. The molecule has 0 aromatic rings. The fraction of sp³-hybridized carbons (Fsp3) is 0.944. The van der Waals surface area contributed by atoms with Crippen molar-refractivity contribution in [2.45, 2.75) is 64.1 Å². The van der Waals surface area contributed by atoms with Crippen LogP contribution in [0.3, 0.4) is 0 Å². The van der Waals surface area contributed by atoms with Gasteiger partial charge in [-0.15, -0.1) is 0 Å². The molecule has 1 saturated heterocycles. The second-order valence-corrected chi connectivity index (χ2v) is 7.91. The minimum atomic E-state index is -0.281. The topological polar surface area (TPSA) is 55.8 Å². The van der Waals surface area contributed by atoms with Gasteiger partial charge in [0, 0.05) is 38.3 Å². The lowest BCUT2D eigenvalue weighted by molar-refractivity contribution is -0.124.